The van der Waals surface area contributed by atoms with Crippen LogP contribution in [0.1, 0.15) is 57.8 Å². The van der Waals surface area contributed by atoms with E-state index in [1.807, 2.05) is 16.4 Å². The minimum atomic E-state index is -0.534. The molecule has 4 nitrogen and oxygen atoms in total. The predicted molar refractivity (Wildman–Crippen MR) is 89.9 cm³/mol. The van der Waals surface area contributed by atoms with Crippen LogP contribution in [-0.2, 0) is 5.54 Å². The van der Waals surface area contributed by atoms with Crippen LogP contribution in [0.4, 0.5) is 0 Å². The highest BCUT2D eigenvalue weighted by molar-refractivity contribution is 7.99. The second-order valence-electron chi connectivity index (χ2n) is 7.22. The first-order valence-electron chi connectivity index (χ1n) is 7.81. The van der Waals surface area contributed by atoms with Crippen molar-refractivity contribution in [2.75, 3.05) is 18.1 Å². The van der Waals surface area contributed by atoms with Gasteiger partial charge in [0.25, 0.3) is 0 Å². The standard InChI is InChI=1S/C16H29N3OS/c1-12(17-11-16(20)6-8-21-9-7-16)14-10-19(15(3,4)5)18-13(14)2/h10,12,17,20H,6-9,11H2,1-5H3. The Balaban J connectivity index is 2.00. The van der Waals surface area contributed by atoms with Crippen LogP contribution in [0.25, 0.3) is 0 Å². The highest BCUT2D eigenvalue weighted by Crippen LogP contribution is 2.27. The number of aryl methyl sites for hydroxylation is 1. The van der Waals surface area contributed by atoms with Gasteiger partial charge in [-0.05, 0) is 59.0 Å². The molecule has 5 heteroatoms. The minimum absolute atomic E-state index is 0.00151. The molecule has 0 aromatic carbocycles. The number of nitrogens with zero attached hydrogens (tertiary/aromatic N) is 2. The first-order valence-corrected chi connectivity index (χ1v) is 8.97. The SMILES string of the molecule is Cc1nn(C(C)(C)C)cc1C(C)NCC1(O)CCSCC1. The summed E-state index contributed by atoms with van der Waals surface area (Å²) in [7, 11) is 0. The highest BCUT2D eigenvalue weighted by atomic mass is 32.2. The van der Waals surface area contributed by atoms with Gasteiger partial charge in [0.2, 0.25) is 0 Å². The average molecular weight is 311 g/mol. The molecule has 1 aliphatic rings. The summed E-state index contributed by atoms with van der Waals surface area (Å²) in [5.74, 6) is 2.13. The Labute approximate surface area is 132 Å². The van der Waals surface area contributed by atoms with E-state index < -0.39 is 5.60 Å². The van der Waals surface area contributed by atoms with Gasteiger partial charge in [0.15, 0.2) is 0 Å². The highest BCUT2D eigenvalue weighted by Gasteiger charge is 2.30. The summed E-state index contributed by atoms with van der Waals surface area (Å²) in [6, 6.07) is 0.208. The van der Waals surface area contributed by atoms with Crippen LogP contribution in [-0.4, -0.2) is 38.5 Å². The molecule has 0 aliphatic carbocycles. The maximum absolute atomic E-state index is 10.6. The number of nitrogens with one attached hydrogen (secondary N) is 1. The molecule has 2 heterocycles. The fraction of sp³-hybridized carbons (Fsp3) is 0.812. The molecule has 1 aromatic rings. The van der Waals surface area contributed by atoms with E-state index in [0.717, 1.165) is 30.0 Å². The van der Waals surface area contributed by atoms with Crippen molar-refractivity contribution >= 4 is 11.8 Å². The molecule has 2 N–H and O–H groups in total. The van der Waals surface area contributed by atoms with E-state index in [2.05, 4.69) is 51.2 Å². The number of rotatable bonds is 4. The summed E-state index contributed by atoms with van der Waals surface area (Å²) in [5.41, 5.74) is 1.75. The molecule has 120 valence electrons. The molecule has 21 heavy (non-hydrogen) atoms. The zero-order valence-electron chi connectivity index (χ0n) is 13.9. The van der Waals surface area contributed by atoms with E-state index in [9.17, 15) is 5.11 Å². The summed E-state index contributed by atoms with van der Waals surface area (Å²) in [6.07, 6.45) is 3.91. The van der Waals surface area contributed by atoms with Gasteiger partial charge in [-0.15, -0.1) is 0 Å². The van der Waals surface area contributed by atoms with Crippen molar-refractivity contribution in [3.63, 3.8) is 0 Å². The number of thioether (sulfide) groups is 1. The van der Waals surface area contributed by atoms with Crippen LogP contribution in [0.3, 0.4) is 0 Å². The summed E-state index contributed by atoms with van der Waals surface area (Å²) in [4.78, 5) is 0. The fourth-order valence-electron chi connectivity index (χ4n) is 2.62. The van der Waals surface area contributed by atoms with E-state index in [4.69, 9.17) is 0 Å². The molecule has 1 aromatic heterocycles. The summed E-state index contributed by atoms with van der Waals surface area (Å²) < 4.78 is 2.03. The van der Waals surface area contributed by atoms with Gasteiger partial charge in [-0.25, -0.2) is 0 Å². The van der Waals surface area contributed by atoms with Crippen LogP contribution in [0.2, 0.25) is 0 Å². The molecule has 0 amide bonds. The van der Waals surface area contributed by atoms with E-state index in [1.165, 1.54) is 5.56 Å². The molecule has 0 bridgehead atoms. The molecule has 2 rings (SSSR count). The molecular formula is C16H29N3OS. The largest absolute Gasteiger partial charge is 0.389 e. The van der Waals surface area contributed by atoms with Crippen molar-refractivity contribution in [3.05, 3.63) is 17.5 Å². The molecule has 0 radical (unpaired) electrons. The first kappa shape index (κ1) is 16.8. The van der Waals surface area contributed by atoms with Crippen LogP contribution in [0, 0.1) is 6.92 Å². The minimum Gasteiger partial charge on any atom is -0.389 e. The van der Waals surface area contributed by atoms with Gasteiger partial charge in [0.1, 0.15) is 0 Å². The van der Waals surface area contributed by atoms with Gasteiger partial charge in [0, 0.05) is 24.3 Å². The number of aromatic nitrogens is 2. The maximum atomic E-state index is 10.6. The predicted octanol–water partition coefficient (Wildman–Crippen LogP) is 2.86. The second kappa shape index (κ2) is 6.31. The van der Waals surface area contributed by atoms with Crippen molar-refractivity contribution in [2.45, 2.75) is 64.6 Å². The van der Waals surface area contributed by atoms with Crippen LogP contribution in [0.15, 0.2) is 6.20 Å². The average Bonchev–Trinajstić information content (AvgIpc) is 2.79. The van der Waals surface area contributed by atoms with Gasteiger partial charge < -0.3 is 10.4 Å². The Bertz CT molecular complexity index is 472. The zero-order chi connectivity index (χ0) is 15.7. The van der Waals surface area contributed by atoms with Gasteiger partial charge in [-0.1, -0.05) is 0 Å². The van der Waals surface area contributed by atoms with Gasteiger partial charge in [0.05, 0.1) is 16.8 Å². The lowest BCUT2D eigenvalue weighted by Gasteiger charge is -2.33. The third-order valence-corrected chi connectivity index (χ3v) is 5.24. The lowest BCUT2D eigenvalue weighted by Crippen LogP contribution is -2.44. The summed E-state index contributed by atoms with van der Waals surface area (Å²) >= 11 is 1.94. The fourth-order valence-corrected chi connectivity index (χ4v) is 3.88. The Morgan fingerprint density at radius 2 is 2.05 bits per heavy atom. The molecule has 0 spiro atoms. The van der Waals surface area contributed by atoms with E-state index in [-0.39, 0.29) is 11.6 Å². The molecule has 0 saturated carbocycles. The zero-order valence-corrected chi connectivity index (χ0v) is 14.8. The van der Waals surface area contributed by atoms with Crippen molar-refractivity contribution in [1.82, 2.24) is 15.1 Å². The maximum Gasteiger partial charge on any atom is 0.0787 e. The van der Waals surface area contributed by atoms with Gasteiger partial charge in [-0.2, -0.15) is 16.9 Å². The lowest BCUT2D eigenvalue weighted by atomic mass is 9.96. The van der Waals surface area contributed by atoms with Crippen LogP contribution in [0.5, 0.6) is 0 Å². The Morgan fingerprint density at radius 3 is 2.57 bits per heavy atom. The smallest absolute Gasteiger partial charge is 0.0787 e. The summed E-state index contributed by atoms with van der Waals surface area (Å²) in [5, 5.41) is 18.7. The topological polar surface area (TPSA) is 50.1 Å². The molecule has 1 fully saturated rings. The second-order valence-corrected chi connectivity index (χ2v) is 8.45. The van der Waals surface area contributed by atoms with E-state index in [0.29, 0.717) is 6.54 Å². The number of hydrogen-bond acceptors (Lipinski definition) is 4. The summed E-state index contributed by atoms with van der Waals surface area (Å²) in [6.45, 7) is 11.3. The first-order chi connectivity index (χ1) is 9.71. The van der Waals surface area contributed by atoms with E-state index >= 15 is 0 Å². The van der Waals surface area contributed by atoms with Crippen molar-refractivity contribution in [3.8, 4) is 0 Å². The number of hydrogen-bond donors (Lipinski definition) is 2. The molecule has 1 aliphatic heterocycles. The van der Waals surface area contributed by atoms with Crippen LogP contribution >= 0.6 is 11.8 Å². The molecule has 1 atom stereocenters. The monoisotopic (exact) mass is 311 g/mol. The third-order valence-electron chi connectivity index (χ3n) is 4.25. The molecule has 1 saturated heterocycles. The quantitative estimate of drug-likeness (QED) is 0.898. The van der Waals surface area contributed by atoms with Crippen molar-refractivity contribution in [2.24, 2.45) is 0 Å². The Hall–Kier alpha value is -0.520. The molecule has 1 unspecified atom stereocenters. The van der Waals surface area contributed by atoms with Gasteiger partial charge >= 0.3 is 0 Å². The third kappa shape index (κ3) is 4.24. The Morgan fingerprint density at radius 1 is 1.43 bits per heavy atom. The van der Waals surface area contributed by atoms with Crippen molar-refractivity contribution < 1.29 is 5.11 Å². The van der Waals surface area contributed by atoms with Gasteiger partial charge in [-0.3, -0.25) is 4.68 Å². The van der Waals surface area contributed by atoms with Crippen LogP contribution < -0.4 is 5.32 Å². The lowest BCUT2D eigenvalue weighted by molar-refractivity contribution is 0.0300. The molecular weight excluding hydrogens is 282 g/mol. The number of aliphatic hydroxyl groups is 1. The van der Waals surface area contributed by atoms with E-state index in [1.54, 1.807) is 0 Å². The Kier molecular flexibility index (Phi) is 5.06. The normalized spacial score (nSPS) is 20.5. The van der Waals surface area contributed by atoms with Crippen molar-refractivity contribution in [1.29, 1.82) is 0 Å².